The van der Waals surface area contributed by atoms with E-state index >= 15 is 0 Å². The summed E-state index contributed by atoms with van der Waals surface area (Å²) in [5.41, 5.74) is 0.174. The topological polar surface area (TPSA) is 60.4 Å². The van der Waals surface area contributed by atoms with E-state index in [9.17, 15) is 14.7 Å². The molecule has 32 heavy (non-hydrogen) atoms. The predicted octanol–water partition coefficient (Wildman–Crippen LogP) is 3.39. The summed E-state index contributed by atoms with van der Waals surface area (Å²) in [6.45, 7) is 2.92. The van der Waals surface area contributed by atoms with E-state index in [0.717, 1.165) is 12.8 Å². The molecule has 0 saturated carbocycles. The van der Waals surface area contributed by atoms with Gasteiger partial charge in [0.05, 0.1) is 5.97 Å². The van der Waals surface area contributed by atoms with E-state index in [0.29, 0.717) is 6.54 Å². The smallest absolute Gasteiger partial charge is 0.545 e. The SMILES string of the molecule is CCCCCCCCCCCCCCCCCCN(C)C(=O)c1ccccc1C(=O)[O-].[Na+]. The van der Waals surface area contributed by atoms with Crippen molar-refractivity contribution in [3.63, 3.8) is 0 Å². The van der Waals surface area contributed by atoms with Gasteiger partial charge < -0.3 is 14.8 Å². The number of hydrogen-bond donors (Lipinski definition) is 0. The molecule has 0 atom stereocenters. The molecule has 0 aliphatic carbocycles. The van der Waals surface area contributed by atoms with Crippen molar-refractivity contribution in [1.82, 2.24) is 4.90 Å². The van der Waals surface area contributed by atoms with Gasteiger partial charge in [-0.25, -0.2) is 0 Å². The van der Waals surface area contributed by atoms with Gasteiger partial charge in [0.15, 0.2) is 0 Å². The van der Waals surface area contributed by atoms with Crippen LogP contribution in [0.15, 0.2) is 24.3 Å². The molecular weight excluding hydrogens is 409 g/mol. The van der Waals surface area contributed by atoms with Crippen LogP contribution in [-0.4, -0.2) is 30.4 Å². The molecular formula is C27H44NNaO3. The number of rotatable bonds is 19. The van der Waals surface area contributed by atoms with Gasteiger partial charge in [-0.05, 0) is 12.5 Å². The molecule has 4 nitrogen and oxygen atoms in total. The van der Waals surface area contributed by atoms with E-state index in [4.69, 9.17) is 0 Å². The first-order valence-corrected chi connectivity index (χ1v) is 12.6. The van der Waals surface area contributed by atoms with E-state index in [-0.39, 0.29) is 46.6 Å². The second-order valence-electron chi connectivity index (χ2n) is 8.86. The zero-order valence-electron chi connectivity index (χ0n) is 21.0. The average molecular weight is 454 g/mol. The molecule has 0 heterocycles. The zero-order valence-corrected chi connectivity index (χ0v) is 23.0. The van der Waals surface area contributed by atoms with Gasteiger partial charge in [-0.1, -0.05) is 121 Å². The van der Waals surface area contributed by atoms with Crippen molar-refractivity contribution in [1.29, 1.82) is 0 Å². The summed E-state index contributed by atoms with van der Waals surface area (Å²) in [7, 11) is 1.74. The van der Waals surface area contributed by atoms with Gasteiger partial charge in [-0.3, -0.25) is 4.79 Å². The Hall–Kier alpha value is -0.840. The van der Waals surface area contributed by atoms with Crippen LogP contribution in [0.4, 0.5) is 0 Å². The van der Waals surface area contributed by atoms with Crippen molar-refractivity contribution >= 4 is 11.9 Å². The molecule has 1 amide bonds. The Kier molecular flexibility index (Phi) is 20.2. The molecule has 0 aromatic heterocycles. The fourth-order valence-corrected chi connectivity index (χ4v) is 4.05. The molecule has 176 valence electrons. The molecule has 0 radical (unpaired) electrons. The number of carbonyl (C=O) groups excluding carboxylic acids is 2. The van der Waals surface area contributed by atoms with Gasteiger partial charge in [0.1, 0.15) is 0 Å². The number of carbonyl (C=O) groups is 2. The normalized spacial score (nSPS) is 10.6. The number of benzene rings is 1. The summed E-state index contributed by atoms with van der Waals surface area (Å²) in [6.07, 6.45) is 21.1. The zero-order chi connectivity index (χ0) is 22.7. The second kappa shape index (κ2) is 20.7. The maximum Gasteiger partial charge on any atom is 1.00 e. The van der Waals surface area contributed by atoms with Gasteiger partial charge >= 0.3 is 29.6 Å². The summed E-state index contributed by atoms with van der Waals surface area (Å²) < 4.78 is 0. The quantitative estimate of drug-likeness (QED) is 0.238. The summed E-state index contributed by atoms with van der Waals surface area (Å²) >= 11 is 0. The first-order valence-electron chi connectivity index (χ1n) is 12.6. The third kappa shape index (κ3) is 14.3. The van der Waals surface area contributed by atoms with E-state index in [1.807, 2.05) is 0 Å². The van der Waals surface area contributed by atoms with Crippen LogP contribution in [0.5, 0.6) is 0 Å². The van der Waals surface area contributed by atoms with Crippen molar-refractivity contribution in [2.45, 2.75) is 110 Å². The number of carboxylic acids is 1. The molecule has 0 spiro atoms. The van der Waals surface area contributed by atoms with Gasteiger partial charge in [-0.2, -0.15) is 0 Å². The molecule has 1 aromatic rings. The third-order valence-electron chi connectivity index (χ3n) is 6.07. The molecule has 0 unspecified atom stereocenters. The molecule has 0 aliphatic rings. The van der Waals surface area contributed by atoms with E-state index in [2.05, 4.69) is 6.92 Å². The van der Waals surface area contributed by atoms with Crippen LogP contribution in [0.3, 0.4) is 0 Å². The Labute approximate surface area is 218 Å². The van der Waals surface area contributed by atoms with Gasteiger partial charge in [0.25, 0.3) is 5.91 Å². The molecule has 0 fully saturated rings. The summed E-state index contributed by atoms with van der Waals surface area (Å²) in [5.74, 6) is -1.56. The van der Waals surface area contributed by atoms with Crippen LogP contribution in [0.2, 0.25) is 0 Å². The van der Waals surface area contributed by atoms with E-state index < -0.39 is 5.97 Å². The Balaban J connectivity index is 0.00000961. The van der Waals surface area contributed by atoms with E-state index in [1.165, 1.54) is 96.0 Å². The number of hydrogen-bond acceptors (Lipinski definition) is 3. The predicted molar refractivity (Wildman–Crippen MR) is 127 cm³/mol. The molecule has 0 aliphatic heterocycles. The number of carboxylic acid groups (broad SMARTS) is 1. The largest absolute Gasteiger partial charge is 1.00 e. The molecule has 0 saturated heterocycles. The number of aromatic carboxylic acids is 1. The van der Waals surface area contributed by atoms with Gasteiger partial charge in [-0.15, -0.1) is 0 Å². The minimum Gasteiger partial charge on any atom is -0.545 e. The summed E-state index contributed by atoms with van der Waals surface area (Å²) in [5, 5.41) is 11.2. The Morgan fingerprint density at radius 1 is 0.688 bits per heavy atom. The number of amides is 1. The van der Waals surface area contributed by atoms with Crippen molar-refractivity contribution in [2.75, 3.05) is 13.6 Å². The van der Waals surface area contributed by atoms with E-state index in [1.54, 1.807) is 30.1 Å². The maximum atomic E-state index is 12.5. The molecule has 0 bridgehead atoms. The van der Waals surface area contributed by atoms with Gasteiger partial charge in [0.2, 0.25) is 0 Å². The fourth-order valence-electron chi connectivity index (χ4n) is 4.05. The number of unbranched alkanes of at least 4 members (excludes halogenated alkanes) is 15. The first-order chi connectivity index (χ1) is 15.1. The van der Waals surface area contributed by atoms with Crippen molar-refractivity contribution in [2.24, 2.45) is 0 Å². The average Bonchev–Trinajstić information content (AvgIpc) is 2.78. The molecule has 1 aromatic carbocycles. The monoisotopic (exact) mass is 453 g/mol. The standard InChI is InChI=1S/C27H45NO3.Na/c1-3-4-5-6-7-8-9-10-11-12-13-14-15-16-17-20-23-28(2)26(29)24-21-18-19-22-25(24)27(30)31;/h18-19,21-22H,3-17,20,23H2,1-2H3,(H,30,31);/q;+1/p-1. The van der Waals surface area contributed by atoms with Crippen LogP contribution < -0.4 is 34.7 Å². The first kappa shape index (κ1) is 31.2. The van der Waals surface area contributed by atoms with Crippen LogP contribution in [0.1, 0.15) is 130 Å². The third-order valence-corrected chi connectivity index (χ3v) is 6.07. The minimum absolute atomic E-state index is 0. The van der Waals surface area contributed by atoms with Crippen LogP contribution in [0, 0.1) is 0 Å². The minimum atomic E-state index is -1.31. The van der Waals surface area contributed by atoms with Crippen molar-refractivity contribution in [3.05, 3.63) is 35.4 Å². The molecule has 0 N–H and O–H groups in total. The Morgan fingerprint density at radius 2 is 1.06 bits per heavy atom. The van der Waals surface area contributed by atoms with Crippen molar-refractivity contribution in [3.8, 4) is 0 Å². The van der Waals surface area contributed by atoms with Crippen LogP contribution in [-0.2, 0) is 0 Å². The molecule has 1 rings (SSSR count). The van der Waals surface area contributed by atoms with Gasteiger partial charge in [0, 0.05) is 24.7 Å². The fraction of sp³-hybridized carbons (Fsp3) is 0.704. The Morgan fingerprint density at radius 3 is 1.47 bits per heavy atom. The van der Waals surface area contributed by atoms with Crippen molar-refractivity contribution < 1.29 is 44.3 Å². The second-order valence-corrected chi connectivity index (χ2v) is 8.86. The maximum absolute atomic E-state index is 12.5. The number of nitrogens with zero attached hydrogens (tertiary/aromatic N) is 1. The summed E-state index contributed by atoms with van der Waals surface area (Å²) in [4.78, 5) is 25.3. The summed E-state index contributed by atoms with van der Waals surface area (Å²) in [6, 6.07) is 6.27. The molecule has 5 heteroatoms. The Bertz CT molecular complexity index is 621. The van der Waals surface area contributed by atoms with Crippen LogP contribution in [0.25, 0.3) is 0 Å². The van der Waals surface area contributed by atoms with Crippen LogP contribution >= 0.6 is 0 Å².